The van der Waals surface area contributed by atoms with Gasteiger partial charge in [-0.1, -0.05) is 0 Å². The number of nitrogens with zero attached hydrogens (tertiary/aromatic N) is 2. The molecule has 2 heterocycles. The molecule has 2 aromatic rings. The van der Waals surface area contributed by atoms with Crippen LogP contribution in [0.2, 0.25) is 0 Å². The summed E-state index contributed by atoms with van der Waals surface area (Å²) in [5.74, 6) is 1.14. The van der Waals surface area contributed by atoms with E-state index in [1.165, 1.54) is 0 Å². The highest BCUT2D eigenvalue weighted by Crippen LogP contribution is 2.23. The first-order valence-electron chi connectivity index (χ1n) is 6.87. The lowest BCUT2D eigenvalue weighted by Gasteiger charge is -2.16. The van der Waals surface area contributed by atoms with E-state index < -0.39 is 0 Å². The lowest BCUT2D eigenvalue weighted by molar-refractivity contribution is -0.117. The van der Waals surface area contributed by atoms with Crippen molar-refractivity contribution in [3.8, 4) is 0 Å². The Morgan fingerprint density at radius 2 is 2.15 bits per heavy atom. The number of hydrogen-bond acceptors (Lipinski definition) is 3. The minimum atomic E-state index is 0.221. The molecular formula is C15H18N4O. The fourth-order valence-electron chi connectivity index (χ4n) is 2.44. The molecule has 104 valence electrons. The van der Waals surface area contributed by atoms with E-state index in [1.807, 2.05) is 42.3 Å². The number of aromatic nitrogens is 2. The van der Waals surface area contributed by atoms with Crippen molar-refractivity contribution in [2.45, 2.75) is 26.3 Å². The Bertz CT molecular complexity index is 603. The number of benzene rings is 1. The van der Waals surface area contributed by atoms with Crippen molar-refractivity contribution in [2.75, 3.05) is 16.8 Å². The molecule has 5 heteroatoms. The molecule has 1 aromatic heterocycles. The molecule has 2 N–H and O–H groups in total. The number of carbonyl (C=O) groups excluding carboxylic acids is 1. The van der Waals surface area contributed by atoms with Gasteiger partial charge in [0.2, 0.25) is 5.91 Å². The molecule has 0 saturated carbocycles. The van der Waals surface area contributed by atoms with E-state index in [4.69, 9.17) is 0 Å². The number of aromatic amines is 1. The summed E-state index contributed by atoms with van der Waals surface area (Å²) in [4.78, 5) is 20.9. The minimum Gasteiger partial charge on any atom is -0.379 e. The van der Waals surface area contributed by atoms with E-state index in [0.29, 0.717) is 13.0 Å². The number of carbonyl (C=O) groups is 1. The maximum absolute atomic E-state index is 11.7. The maximum Gasteiger partial charge on any atom is 0.227 e. The zero-order valence-corrected chi connectivity index (χ0v) is 11.5. The summed E-state index contributed by atoms with van der Waals surface area (Å²) < 4.78 is 0. The van der Waals surface area contributed by atoms with E-state index in [1.54, 1.807) is 0 Å². The third-order valence-electron chi connectivity index (χ3n) is 3.49. The predicted octanol–water partition coefficient (Wildman–Crippen LogP) is 2.46. The highest BCUT2D eigenvalue weighted by molar-refractivity contribution is 5.95. The second kappa shape index (κ2) is 5.36. The first-order chi connectivity index (χ1) is 9.72. The molecule has 0 atom stereocenters. The van der Waals surface area contributed by atoms with Gasteiger partial charge in [0.05, 0.1) is 18.4 Å². The Morgan fingerprint density at radius 1 is 1.35 bits per heavy atom. The van der Waals surface area contributed by atoms with Crippen LogP contribution in [0.25, 0.3) is 0 Å². The summed E-state index contributed by atoms with van der Waals surface area (Å²) in [7, 11) is 0. The van der Waals surface area contributed by atoms with Crippen molar-refractivity contribution in [3.05, 3.63) is 42.0 Å². The Kier molecular flexibility index (Phi) is 3.41. The summed E-state index contributed by atoms with van der Waals surface area (Å²) in [6.45, 7) is 3.48. The van der Waals surface area contributed by atoms with E-state index in [0.717, 1.165) is 35.9 Å². The number of nitrogens with one attached hydrogen (secondary N) is 2. The Hall–Kier alpha value is -2.30. The highest BCUT2D eigenvalue weighted by Gasteiger charge is 2.21. The van der Waals surface area contributed by atoms with E-state index in [9.17, 15) is 4.79 Å². The topological polar surface area (TPSA) is 61.0 Å². The Balaban J connectivity index is 1.62. The number of hydrogen-bond donors (Lipinski definition) is 2. The highest BCUT2D eigenvalue weighted by atomic mass is 16.2. The average molecular weight is 270 g/mol. The number of rotatable bonds is 4. The second-order valence-corrected chi connectivity index (χ2v) is 5.04. The monoisotopic (exact) mass is 270 g/mol. The van der Waals surface area contributed by atoms with Crippen LogP contribution in [-0.2, 0) is 11.3 Å². The number of anilines is 2. The van der Waals surface area contributed by atoms with Crippen molar-refractivity contribution < 1.29 is 4.79 Å². The minimum absolute atomic E-state index is 0.221. The van der Waals surface area contributed by atoms with Gasteiger partial charge in [0.1, 0.15) is 5.82 Å². The average Bonchev–Trinajstić information content (AvgIpc) is 3.06. The third kappa shape index (κ3) is 2.66. The van der Waals surface area contributed by atoms with Gasteiger partial charge in [0, 0.05) is 24.3 Å². The van der Waals surface area contributed by atoms with E-state index in [2.05, 4.69) is 15.3 Å². The maximum atomic E-state index is 11.7. The molecule has 5 nitrogen and oxygen atoms in total. The molecule has 1 fully saturated rings. The van der Waals surface area contributed by atoms with Gasteiger partial charge in [-0.2, -0.15) is 0 Å². The molecule has 0 aliphatic carbocycles. The Labute approximate surface area is 118 Å². The molecule has 0 spiro atoms. The van der Waals surface area contributed by atoms with Gasteiger partial charge in [0.25, 0.3) is 0 Å². The van der Waals surface area contributed by atoms with Crippen LogP contribution in [-0.4, -0.2) is 22.4 Å². The van der Waals surface area contributed by atoms with Crippen LogP contribution in [0.3, 0.4) is 0 Å². The molecule has 3 rings (SSSR count). The predicted molar refractivity (Wildman–Crippen MR) is 78.7 cm³/mol. The largest absolute Gasteiger partial charge is 0.379 e. The van der Waals surface area contributed by atoms with Crippen LogP contribution in [0, 0.1) is 6.92 Å². The normalized spacial score (nSPS) is 14.8. The van der Waals surface area contributed by atoms with Gasteiger partial charge >= 0.3 is 0 Å². The van der Waals surface area contributed by atoms with Crippen LogP contribution in [0.5, 0.6) is 0 Å². The van der Waals surface area contributed by atoms with Gasteiger partial charge in [-0.15, -0.1) is 0 Å². The van der Waals surface area contributed by atoms with Crippen LogP contribution in [0.4, 0.5) is 11.4 Å². The molecule has 1 amide bonds. The first kappa shape index (κ1) is 12.7. The molecular weight excluding hydrogens is 252 g/mol. The number of H-pyrrole nitrogens is 1. The summed E-state index contributed by atoms with van der Waals surface area (Å²) in [6, 6.07) is 7.99. The molecule has 1 aliphatic heterocycles. The van der Waals surface area contributed by atoms with Crippen LogP contribution in [0.15, 0.2) is 30.5 Å². The van der Waals surface area contributed by atoms with Gasteiger partial charge < -0.3 is 15.2 Å². The number of aryl methyl sites for hydroxylation is 1. The van der Waals surface area contributed by atoms with Crippen LogP contribution in [0.1, 0.15) is 24.4 Å². The van der Waals surface area contributed by atoms with E-state index >= 15 is 0 Å². The van der Waals surface area contributed by atoms with Gasteiger partial charge in [0.15, 0.2) is 0 Å². The summed E-state index contributed by atoms with van der Waals surface area (Å²) in [5.41, 5.74) is 3.07. The van der Waals surface area contributed by atoms with Crippen molar-refractivity contribution in [3.63, 3.8) is 0 Å². The van der Waals surface area contributed by atoms with Gasteiger partial charge in [-0.05, 0) is 37.6 Å². The summed E-state index contributed by atoms with van der Waals surface area (Å²) >= 11 is 0. The second-order valence-electron chi connectivity index (χ2n) is 5.04. The van der Waals surface area contributed by atoms with Gasteiger partial charge in [-0.25, -0.2) is 4.98 Å². The SMILES string of the molecule is Cc1ncc(CNc2ccc(N3CCCC3=O)cc2)[nH]1. The standard InChI is InChI=1S/C15H18N4O/c1-11-16-9-13(18-11)10-17-12-4-6-14(7-5-12)19-8-2-3-15(19)20/h4-7,9,17H,2-3,8,10H2,1H3,(H,16,18). The third-order valence-corrected chi connectivity index (χ3v) is 3.49. The summed E-state index contributed by atoms with van der Waals surface area (Å²) in [6.07, 6.45) is 3.46. The molecule has 1 aliphatic rings. The van der Waals surface area contributed by atoms with Crippen molar-refractivity contribution >= 4 is 17.3 Å². The quantitative estimate of drug-likeness (QED) is 0.897. The summed E-state index contributed by atoms with van der Waals surface area (Å²) in [5, 5.41) is 3.33. The van der Waals surface area contributed by atoms with Crippen LogP contribution < -0.4 is 10.2 Å². The molecule has 1 aromatic carbocycles. The number of amides is 1. The van der Waals surface area contributed by atoms with Crippen molar-refractivity contribution in [2.24, 2.45) is 0 Å². The van der Waals surface area contributed by atoms with Gasteiger partial charge in [-0.3, -0.25) is 4.79 Å². The molecule has 1 saturated heterocycles. The molecule has 0 unspecified atom stereocenters. The van der Waals surface area contributed by atoms with Crippen molar-refractivity contribution in [1.82, 2.24) is 9.97 Å². The lowest BCUT2D eigenvalue weighted by Crippen LogP contribution is -2.23. The fourth-order valence-corrected chi connectivity index (χ4v) is 2.44. The molecule has 0 bridgehead atoms. The smallest absolute Gasteiger partial charge is 0.227 e. The zero-order valence-electron chi connectivity index (χ0n) is 11.5. The zero-order chi connectivity index (χ0) is 13.9. The van der Waals surface area contributed by atoms with Crippen LogP contribution >= 0.6 is 0 Å². The van der Waals surface area contributed by atoms with Crippen molar-refractivity contribution in [1.29, 1.82) is 0 Å². The molecule has 20 heavy (non-hydrogen) atoms. The lowest BCUT2D eigenvalue weighted by atomic mass is 10.2. The molecule has 0 radical (unpaired) electrons. The number of imidazole rings is 1. The Morgan fingerprint density at radius 3 is 2.75 bits per heavy atom. The fraction of sp³-hybridized carbons (Fsp3) is 0.333. The first-order valence-corrected chi connectivity index (χ1v) is 6.87. The van der Waals surface area contributed by atoms with E-state index in [-0.39, 0.29) is 5.91 Å².